The van der Waals surface area contributed by atoms with E-state index in [0.717, 1.165) is 17.0 Å². The van der Waals surface area contributed by atoms with Gasteiger partial charge in [0, 0.05) is 42.2 Å². The van der Waals surface area contributed by atoms with Crippen molar-refractivity contribution in [3.05, 3.63) is 35.0 Å². The van der Waals surface area contributed by atoms with Crippen molar-refractivity contribution >= 4 is 15.9 Å². The van der Waals surface area contributed by atoms with Crippen molar-refractivity contribution in [2.75, 3.05) is 18.8 Å². The maximum absolute atomic E-state index is 14.7. The number of nitrogens with zero attached hydrogens (tertiary/aromatic N) is 4. The Bertz CT molecular complexity index is 1260. The minimum absolute atomic E-state index is 0.0167. The van der Waals surface area contributed by atoms with Crippen LogP contribution < -0.4 is 0 Å². The number of benzene rings is 1. The van der Waals surface area contributed by atoms with Crippen molar-refractivity contribution in [3.8, 4) is 11.5 Å². The number of rotatable bonds is 6. The molecule has 0 saturated carbocycles. The second-order valence-electron chi connectivity index (χ2n) is 8.05. The third-order valence-corrected chi connectivity index (χ3v) is 7.23. The summed E-state index contributed by atoms with van der Waals surface area (Å²) >= 11 is 0. The van der Waals surface area contributed by atoms with Gasteiger partial charge in [-0.25, -0.2) is 21.6 Å². The Kier molecular flexibility index (Phi) is 6.06. The van der Waals surface area contributed by atoms with E-state index in [1.165, 1.54) is 0 Å². The smallest absolute Gasteiger partial charge is 0.404 e. The summed E-state index contributed by atoms with van der Waals surface area (Å²) in [6.45, 7) is -2.71. The molecule has 1 atom stereocenters. The highest BCUT2D eigenvalue weighted by Gasteiger charge is 2.53. The molecule has 35 heavy (non-hydrogen) atoms. The van der Waals surface area contributed by atoms with Crippen LogP contribution in [0, 0.1) is 5.82 Å². The van der Waals surface area contributed by atoms with Gasteiger partial charge in [0.2, 0.25) is 15.9 Å². The van der Waals surface area contributed by atoms with Gasteiger partial charge in [-0.15, -0.1) is 10.2 Å². The van der Waals surface area contributed by atoms with Crippen LogP contribution in [0.2, 0.25) is 0 Å². The van der Waals surface area contributed by atoms with Crippen LogP contribution in [0.4, 0.5) is 35.1 Å². The summed E-state index contributed by atoms with van der Waals surface area (Å²) in [6.07, 6.45) is -9.43. The summed E-state index contributed by atoms with van der Waals surface area (Å²) in [5, 5.41) is 6.44. The number of carbonyl (C=O) groups excluding carboxylic acids is 1. The lowest BCUT2D eigenvalue weighted by molar-refractivity contribution is -0.107. The first-order valence-corrected chi connectivity index (χ1v) is 11.3. The van der Waals surface area contributed by atoms with Crippen LogP contribution in [0.1, 0.15) is 34.7 Å². The first kappa shape index (κ1) is 25.3. The van der Waals surface area contributed by atoms with Crippen molar-refractivity contribution in [2.24, 2.45) is 0 Å². The lowest BCUT2D eigenvalue weighted by Crippen LogP contribution is -2.46. The molecule has 0 bridgehead atoms. The predicted molar refractivity (Wildman–Crippen MR) is 99.3 cm³/mol. The molecule has 0 N–H and O–H groups in total. The zero-order valence-electron chi connectivity index (χ0n) is 17.2. The van der Waals surface area contributed by atoms with Crippen LogP contribution in [-0.2, 0) is 16.6 Å². The molecule has 2 aliphatic rings. The van der Waals surface area contributed by atoms with Crippen molar-refractivity contribution in [1.82, 2.24) is 19.4 Å². The van der Waals surface area contributed by atoms with E-state index in [-0.39, 0.29) is 21.0 Å². The Labute approximate surface area is 191 Å². The first-order chi connectivity index (χ1) is 16.1. The molecule has 4 rings (SSSR count). The number of sulfonamides is 1. The number of hydrogen-bond donors (Lipinski definition) is 0. The van der Waals surface area contributed by atoms with Crippen LogP contribution >= 0.6 is 0 Å². The monoisotopic (exact) mass is 534 g/mol. The van der Waals surface area contributed by atoms with Gasteiger partial charge in [0.05, 0.1) is 6.54 Å². The highest BCUT2D eigenvalue weighted by Crippen LogP contribution is 2.38. The van der Waals surface area contributed by atoms with Gasteiger partial charge in [-0.05, 0) is 12.1 Å². The molecule has 0 aliphatic carbocycles. The number of halogens is 8. The third-order valence-electron chi connectivity index (χ3n) is 5.40. The van der Waals surface area contributed by atoms with Gasteiger partial charge >= 0.3 is 12.6 Å². The molecule has 1 aromatic carbocycles. The van der Waals surface area contributed by atoms with Gasteiger partial charge in [0.15, 0.2) is 5.75 Å². The number of amides is 1. The number of carbonyl (C=O) groups is 1. The normalized spacial score (nSPS) is 20.8. The van der Waals surface area contributed by atoms with Crippen LogP contribution in [0.5, 0.6) is 0 Å². The predicted octanol–water partition coefficient (Wildman–Crippen LogP) is 3.37. The lowest BCUT2D eigenvalue weighted by Gasteiger charge is -2.27. The molecule has 0 spiro atoms. The van der Waals surface area contributed by atoms with Crippen LogP contribution in [-0.4, -0.2) is 70.7 Å². The molecule has 192 valence electrons. The van der Waals surface area contributed by atoms with Gasteiger partial charge in [0.25, 0.3) is 17.7 Å². The number of aromatic nitrogens is 2. The molecule has 3 heterocycles. The molecule has 0 unspecified atom stereocenters. The summed E-state index contributed by atoms with van der Waals surface area (Å²) in [4.78, 5) is 13.6. The summed E-state index contributed by atoms with van der Waals surface area (Å²) in [7, 11) is -5.19. The topological polar surface area (TPSA) is 96.6 Å². The number of alkyl halides is 7. The number of hydrogen-bond acceptors (Lipinski definition) is 6. The Hall–Kier alpha value is -2.82. The SMILES string of the molecule is O=C1c2cc(-c3nnc(C(F)F)o3)cc(F)c2CN1C[C@@H]1CC(F)(F)CN1S(=O)(=O)CC(F)(F)F. The van der Waals surface area contributed by atoms with E-state index in [0.29, 0.717) is 0 Å². The van der Waals surface area contributed by atoms with E-state index < -0.39 is 89.9 Å². The van der Waals surface area contributed by atoms with Gasteiger partial charge in [0.1, 0.15) is 5.82 Å². The molecule has 1 amide bonds. The Morgan fingerprint density at radius 1 is 1.20 bits per heavy atom. The standard InChI is InChI=1S/C18H14F8N4O4S/c19-12-2-8(14-27-28-15(34-14)13(20)21)1-10-11(12)5-29(16(10)31)4-9-3-17(22,23)6-30(9)35(32,33)7-18(24,25)26/h1-2,9,13H,3-7H2/t9-/m0/s1. The number of fused-ring (bicyclic) bond motifs is 1. The van der Waals surface area contributed by atoms with Gasteiger partial charge in [-0.2, -0.15) is 26.3 Å². The van der Waals surface area contributed by atoms with Crippen molar-refractivity contribution in [1.29, 1.82) is 0 Å². The Morgan fingerprint density at radius 2 is 1.89 bits per heavy atom. The fourth-order valence-electron chi connectivity index (χ4n) is 4.02. The Morgan fingerprint density at radius 3 is 2.49 bits per heavy atom. The summed E-state index contributed by atoms with van der Waals surface area (Å²) in [5.74, 6) is -9.49. The quantitative estimate of drug-likeness (QED) is 0.528. The highest BCUT2D eigenvalue weighted by molar-refractivity contribution is 7.89. The maximum Gasteiger partial charge on any atom is 0.404 e. The molecule has 1 aromatic heterocycles. The third kappa shape index (κ3) is 5.10. The largest absolute Gasteiger partial charge is 0.415 e. The van der Waals surface area contributed by atoms with E-state index in [1.807, 2.05) is 0 Å². The van der Waals surface area contributed by atoms with E-state index in [4.69, 9.17) is 4.42 Å². The molecule has 8 nitrogen and oxygen atoms in total. The van der Waals surface area contributed by atoms with Crippen LogP contribution in [0.25, 0.3) is 11.5 Å². The van der Waals surface area contributed by atoms with Crippen LogP contribution in [0.15, 0.2) is 16.5 Å². The average molecular weight is 534 g/mol. The summed E-state index contributed by atoms with van der Waals surface area (Å²) < 4.78 is 135. The molecular weight excluding hydrogens is 520 g/mol. The molecule has 1 fully saturated rings. The minimum Gasteiger partial charge on any atom is -0.415 e. The molecule has 1 saturated heterocycles. The van der Waals surface area contributed by atoms with E-state index in [1.54, 1.807) is 0 Å². The van der Waals surface area contributed by atoms with Gasteiger partial charge < -0.3 is 9.32 Å². The molecule has 17 heteroatoms. The lowest BCUT2D eigenvalue weighted by atomic mass is 10.1. The zero-order valence-corrected chi connectivity index (χ0v) is 18.0. The maximum atomic E-state index is 14.7. The van der Waals surface area contributed by atoms with Crippen molar-refractivity contribution in [2.45, 2.75) is 37.5 Å². The average Bonchev–Trinajstić information content (AvgIpc) is 3.38. The summed E-state index contributed by atoms with van der Waals surface area (Å²) in [6, 6.07) is 0.176. The van der Waals surface area contributed by atoms with Crippen LogP contribution in [0.3, 0.4) is 0 Å². The minimum atomic E-state index is -5.19. The van der Waals surface area contributed by atoms with Crippen molar-refractivity contribution < 1.29 is 52.8 Å². The van der Waals surface area contributed by atoms with Gasteiger partial charge in [-0.1, -0.05) is 0 Å². The highest BCUT2D eigenvalue weighted by atomic mass is 32.2. The molecule has 0 radical (unpaired) electrons. The fourth-order valence-corrected chi connectivity index (χ4v) is 5.59. The van der Waals surface area contributed by atoms with E-state index in [9.17, 15) is 48.3 Å². The second-order valence-corrected chi connectivity index (χ2v) is 9.97. The van der Waals surface area contributed by atoms with Crippen molar-refractivity contribution in [3.63, 3.8) is 0 Å². The first-order valence-electron chi connectivity index (χ1n) is 9.74. The molecule has 2 aliphatic heterocycles. The van der Waals surface area contributed by atoms with E-state index >= 15 is 0 Å². The molecule has 2 aromatic rings. The zero-order chi connectivity index (χ0) is 25.9. The second kappa shape index (κ2) is 8.39. The van der Waals surface area contributed by atoms with E-state index in [2.05, 4.69) is 10.2 Å². The Balaban J connectivity index is 1.58. The summed E-state index contributed by atoms with van der Waals surface area (Å²) in [5.41, 5.74) is -0.731. The fraction of sp³-hybridized carbons (Fsp3) is 0.500. The molecular formula is C18H14F8N4O4S. The van der Waals surface area contributed by atoms with Gasteiger partial charge in [-0.3, -0.25) is 4.79 Å².